The Morgan fingerprint density at radius 2 is 1.94 bits per heavy atom. The van der Waals surface area contributed by atoms with E-state index < -0.39 is 0 Å². The maximum absolute atomic E-state index is 12.8. The number of nitrogens with one attached hydrogen (secondary N) is 2. The Balaban J connectivity index is 1.54. The molecule has 8 heteroatoms. The summed E-state index contributed by atoms with van der Waals surface area (Å²) >= 11 is 0. The van der Waals surface area contributed by atoms with E-state index in [1.165, 1.54) is 25.0 Å². The predicted molar refractivity (Wildman–Crippen MR) is 132 cm³/mol. The number of allylic oxidation sites excluding steroid dienone is 1. The van der Waals surface area contributed by atoms with Crippen LogP contribution in [0.25, 0.3) is 17.1 Å². The first-order valence-electron chi connectivity index (χ1n) is 11.1. The minimum atomic E-state index is -0.249. The van der Waals surface area contributed by atoms with E-state index in [1.807, 2.05) is 60.8 Å². The van der Waals surface area contributed by atoms with E-state index in [1.54, 1.807) is 21.8 Å². The highest BCUT2D eigenvalue weighted by Gasteiger charge is 2.23. The van der Waals surface area contributed by atoms with Crippen LogP contribution in [0.2, 0.25) is 0 Å². The molecule has 2 aromatic heterocycles. The number of ether oxygens (including phenoxy) is 1. The first-order valence-corrected chi connectivity index (χ1v) is 11.1. The molecule has 1 saturated carbocycles. The Bertz CT molecular complexity index is 1370. The molecule has 0 spiro atoms. The molecule has 1 aliphatic carbocycles. The van der Waals surface area contributed by atoms with Crippen LogP contribution < -0.4 is 15.5 Å². The van der Waals surface area contributed by atoms with E-state index in [0.29, 0.717) is 29.7 Å². The summed E-state index contributed by atoms with van der Waals surface area (Å²) in [5, 5.41) is 19.7. The third-order valence-corrected chi connectivity index (χ3v) is 5.50. The number of para-hydroxylation sites is 1. The van der Waals surface area contributed by atoms with Crippen molar-refractivity contribution in [2.45, 2.75) is 12.8 Å². The Hall–Kier alpha value is -4.46. The van der Waals surface area contributed by atoms with Gasteiger partial charge in [0.1, 0.15) is 11.4 Å². The minimum Gasteiger partial charge on any atom is -0.491 e. The molecule has 2 heterocycles. The maximum atomic E-state index is 12.8. The van der Waals surface area contributed by atoms with E-state index in [9.17, 15) is 4.79 Å². The van der Waals surface area contributed by atoms with Gasteiger partial charge < -0.3 is 15.5 Å². The lowest BCUT2D eigenvalue weighted by Gasteiger charge is -2.16. The molecule has 2 aromatic carbocycles. The Morgan fingerprint density at radius 3 is 2.68 bits per heavy atom. The third-order valence-electron chi connectivity index (χ3n) is 5.50. The molecule has 1 aliphatic rings. The number of rotatable bonds is 9. The summed E-state index contributed by atoms with van der Waals surface area (Å²) in [6.45, 7) is 0.636. The second-order valence-electron chi connectivity index (χ2n) is 8.07. The molecule has 8 nitrogen and oxygen atoms in total. The van der Waals surface area contributed by atoms with Gasteiger partial charge in [0.2, 0.25) is 5.43 Å². The predicted octanol–water partition coefficient (Wildman–Crippen LogP) is 4.31. The fourth-order valence-corrected chi connectivity index (χ4v) is 3.53. The van der Waals surface area contributed by atoms with Gasteiger partial charge >= 0.3 is 0 Å². The topological polar surface area (TPSA) is 97.8 Å². The maximum Gasteiger partial charge on any atom is 0.209 e. The number of nitrogens with zero attached hydrogens (tertiary/aromatic N) is 4. The Morgan fingerprint density at radius 1 is 1.09 bits per heavy atom. The minimum absolute atomic E-state index is 0.208. The molecule has 0 unspecified atom stereocenters. The van der Waals surface area contributed by atoms with Gasteiger partial charge in [0.15, 0.2) is 5.69 Å². The van der Waals surface area contributed by atoms with Crippen molar-refractivity contribution in [2.24, 2.45) is 5.92 Å². The quantitative estimate of drug-likeness (QED) is 0.369. The van der Waals surface area contributed by atoms with Crippen molar-refractivity contribution in [2.75, 3.05) is 11.9 Å². The van der Waals surface area contributed by atoms with E-state index in [0.717, 1.165) is 17.6 Å². The zero-order chi connectivity index (χ0) is 23.3. The van der Waals surface area contributed by atoms with Crippen molar-refractivity contribution in [3.63, 3.8) is 0 Å². The molecule has 0 bridgehead atoms. The van der Waals surface area contributed by atoms with Gasteiger partial charge in [-0.25, -0.2) is 9.36 Å². The second-order valence-corrected chi connectivity index (χ2v) is 8.07. The molecule has 0 aliphatic heterocycles. The molecule has 4 aromatic rings. The van der Waals surface area contributed by atoms with Crippen molar-refractivity contribution < 1.29 is 4.74 Å². The molecular formula is C26H24N6O2. The first-order chi connectivity index (χ1) is 16.7. The van der Waals surface area contributed by atoms with Gasteiger partial charge in [0.25, 0.3) is 0 Å². The summed E-state index contributed by atoms with van der Waals surface area (Å²) in [6, 6.07) is 18.6. The second kappa shape index (κ2) is 9.58. The van der Waals surface area contributed by atoms with Crippen molar-refractivity contribution in [3.8, 4) is 17.1 Å². The number of benzene rings is 2. The fraction of sp³-hybridized carbons (Fsp3) is 0.154. The van der Waals surface area contributed by atoms with E-state index in [2.05, 4.69) is 15.5 Å². The van der Waals surface area contributed by atoms with Crippen LogP contribution in [0.15, 0.2) is 90.1 Å². The normalized spacial score (nSPS) is 13.5. The highest BCUT2D eigenvalue weighted by atomic mass is 16.5. The molecule has 0 saturated heterocycles. The molecule has 170 valence electrons. The Kier molecular flexibility index (Phi) is 6.03. The van der Waals surface area contributed by atoms with Gasteiger partial charge in [-0.05, 0) is 55.2 Å². The van der Waals surface area contributed by atoms with E-state index in [4.69, 9.17) is 10.1 Å². The van der Waals surface area contributed by atoms with Crippen LogP contribution in [0.1, 0.15) is 18.5 Å². The molecule has 2 N–H and O–H groups in total. The van der Waals surface area contributed by atoms with Crippen LogP contribution in [0.4, 0.5) is 5.69 Å². The average molecular weight is 453 g/mol. The molecule has 1 fully saturated rings. The number of aromatic nitrogens is 4. The first kappa shape index (κ1) is 21.4. The summed E-state index contributed by atoms with van der Waals surface area (Å²) in [5.74, 6) is 1.24. The molecule has 5 rings (SSSR count). The molecule has 0 amide bonds. The highest BCUT2D eigenvalue weighted by molar-refractivity contribution is 5.86. The van der Waals surface area contributed by atoms with Gasteiger partial charge in [-0.2, -0.15) is 10.2 Å². The number of hydrogen-bond donors (Lipinski definition) is 2. The summed E-state index contributed by atoms with van der Waals surface area (Å²) < 4.78 is 9.59. The standard InChI is InChI=1S/C26H24N6O2/c27-13-11-22(29-20-5-2-1-3-6-20)26-24(33)12-16-32(30-26)23-10-9-21(31-15-4-14-28-31)17-25(23)34-18-19-7-8-19/h1-6,9-17,19,27,29H,7-8,18H2/b22-11-,27-13?. The summed E-state index contributed by atoms with van der Waals surface area (Å²) in [6.07, 6.45) is 10.2. The molecule has 34 heavy (non-hydrogen) atoms. The van der Waals surface area contributed by atoms with Crippen molar-refractivity contribution >= 4 is 17.6 Å². The van der Waals surface area contributed by atoms with Crippen molar-refractivity contribution in [3.05, 3.63) is 101 Å². The number of hydrogen-bond acceptors (Lipinski definition) is 6. The molecular weight excluding hydrogens is 428 g/mol. The fourth-order valence-electron chi connectivity index (χ4n) is 3.53. The molecule has 0 radical (unpaired) electrons. The smallest absolute Gasteiger partial charge is 0.209 e. The van der Waals surface area contributed by atoms with Crippen molar-refractivity contribution in [1.29, 1.82) is 5.41 Å². The summed E-state index contributed by atoms with van der Waals surface area (Å²) in [7, 11) is 0. The average Bonchev–Trinajstić information content (AvgIpc) is 3.53. The SMILES string of the molecule is N=C/C=C(\Nc1ccccc1)c1nn(-c2ccc(-n3cccn3)cc2OCC2CC2)ccc1=O. The van der Waals surface area contributed by atoms with Crippen LogP contribution in [0.5, 0.6) is 5.75 Å². The van der Waals surface area contributed by atoms with Gasteiger partial charge in [0.05, 0.1) is 18.0 Å². The van der Waals surface area contributed by atoms with Crippen LogP contribution >= 0.6 is 0 Å². The van der Waals surface area contributed by atoms with E-state index >= 15 is 0 Å². The van der Waals surface area contributed by atoms with Gasteiger partial charge in [0, 0.05) is 42.6 Å². The van der Waals surface area contributed by atoms with E-state index in [-0.39, 0.29) is 11.1 Å². The zero-order valence-corrected chi connectivity index (χ0v) is 18.5. The van der Waals surface area contributed by atoms with Gasteiger partial charge in [-0.1, -0.05) is 18.2 Å². The summed E-state index contributed by atoms with van der Waals surface area (Å²) in [4.78, 5) is 12.8. The lowest BCUT2D eigenvalue weighted by atomic mass is 10.2. The summed E-state index contributed by atoms with van der Waals surface area (Å²) in [5.41, 5.74) is 2.78. The van der Waals surface area contributed by atoms with Crippen LogP contribution in [-0.4, -0.2) is 32.4 Å². The van der Waals surface area contributed by atoms with Gasteiger partial charge in [-0.15, -0.1) is 0 Å². The zero-order valence-electron chi connectivity index (χ0n) is 18.5. The highest BCUT2D eigenvalue weighted by Crippen LogP contribution is 2.32. The van der Waals surface area contributed by atoms with Crippen LogP contribution in [0, 0.1) is 11.3 Å². The lowest BCUT2D eigenvalue weighted by molar-refractivity contribution is 0.298. The van der Waals surface area contributed by atoms with Crippen LogP contribution in [0.3, 0.4) is 0 Å². The van der Waals surface area contributed by atoms with Crippen LogP contribution in [-0.2, 0) is 0 Å². The van der Waals surface area contributed by atoms with Crippen molar-refractivity contribution in [1.82, 2.24) is 19.6 Å². The lowest BCUT2D eigenvalue weighted by Crippen LogP contribution is -2.19. The largest absolute Gasteiger partial charge is 0.491 e. The Labute approximate surface area is 196 Å². The third kappa shape index (κ3) is 4.80. The monoisotopic (exact) mass is 452 g/mol. The van der Waals surface area contributed by atoms with Gasteiger partial charge in [-0.3, -0.25) is 4.79 Å². The molecule has 0 atom stereocenters. The number of anilines is 1.